The van der Waals surface area contributed by atoms with E-state index in [4.69, 9.17) is 10.8 Å². The molecule has 0 aliphatic heterocycles. The predicted octanol–water partition coefficient (Wildman–Crippen LogP) is -2.26. The van der Waals surface area contributed by atoms with E-state index in [2.05, 4.69) is 15.7 Å². The third-order valence-corrected chi connectivity index (χ3v) is 2.24. The molecule has 1 rings (SSSR count). The Morgan fingerprint density at radius 3 is 2.63 bits per heavy atom. The maximum absolute atomic E-state index is 11.5. The third kappa shape index (κ3) is 4.39. The zero-order chi connectivity index (χ0) is 14.4. The average Bonchev–Trinajstić information content (AvgIpc) is 2.78. The Labute approximate surface area is 108 Å². The fraction of sp³-hybridized carbons (Fsp3) is 0.400. The van der Waals surface area contributed by atoms with Crippen LogP contribution in [0.1, 0.15) is 11.6 Å². The molecule has 1 heterocycles. The molecule has 9 nitrogen and oxygen atoms in total. The van der Waals surface area contributed by atoms with Gasteiger partial charge in [-0.25, -0.2) is 4.79 Å². The van der Waals surface area contributed by atoms with Gasteiger partial charge in [-0.05, 0) is 0 Å². The lowest BCUT2D eigenvalue weighted by molar-refractivity contribution is -0.141. The molecule has 0 radical (unpaired) electrons. The lowest BCUT2D eigenvalue weighted by Gasteiger charge is -2.13. The monoisotopic (exact) mass is 269 g/mol. The first-order valence-corrected chi connectivity index (χ1v) is 5.41. The SMILES string of the molecule is Cn1cc(C(NC(=O)CNC(=O)CN)C(=O)O)cn1. The summed E-state index contributed by atoms with van der Waals surface area (Å²) in [4.78, 5) is 33.4. The molecule has 0 aliphatic carbocycles. The number of rotatable bonds is 6. The normalized spacial score (nSPS) is 11.7. The highest BCUT2D eigenvalue weighted by Crippen LogP contribution is 2.11. The summed E-state index contributed by atoms with van der Waals surface area (Å²) < 4.78 is 1.42. The van der Waals surface area contributed by atoms with Crippen molar-refractivity contribution in [1.82, 2.24) is 20.4 Å². The lowest BCUT2D eigenvalue weighted by atomic mass is 10.1. The van der Waals surface area contributed by atoms with Crippen molar-refractivity contribution in [1.29, 1.82) is 0 Å². The summed E-state index contributed by atoms with van der Waals surface area (Å²) in [5.74, 6) is -2.34. The topological polar surface area (TPSA) is 139 Å². The van der Waals surface area contributed by atoms with Gasteiger partial charge < -0.3 is 21.5 Å². The lowest BCUT2D eigenvalue weighted by Crippen LogP contribution is -2.42. The number of carboxylic acid groups (broad SMARTS) is 1. The van der Waals surface area contributed by atoms with Gasteiger partial charge in [0.05, 0.1) is 19.3 Å². The van der Waals surface area contributed by atoms with Crippen LogP contribution in [0, 0.1) is 0 Å². The maximum Gasteiger partial charge on any atom is 0.331 e. The Morgan fingerprint density at radius 1 is 1.47 bits per heavy atom. The number of aliphatic carboxylic acids is 1. The smallest absolute Gasteiger partial charge is 0.331 e. The summed E-state index contributed by atoms with van der Waals surface area (Å²) in [6, 6.07) is -1.21. The molecule has 104 valence electrons. The van der Waals surface area contributed by atoms with Gasteiger partial charge in [-0.2, -0.15) is 5.10 Å². The Bertz CT molecular complexity index is 484. The minimum absolute atomic E-state index is 0.238. The molecule has 1 aromatic rings. The standard InChI is InChI=1S/C10H15N5O4/c1-15-5-6(3-13-15)9(10(18)19)14-8(17)4-12-7(16)2-11/h3,5,9H,2,4,11H2,1H3,(H,12,16)(H,14,17)(H,18,19). The second-order valence-electron chi connectivity index (χ2n) is 3.77. The molecule has 1 aromatic heterocycles. The number of carbonyl (C=O) groups is 3. The van der Waals surface area contributed by atoms with Gasteiger partial charge in [0.25, 0.3) is 0 Å². The van der Waals surface area contributed by atoms with Gasteiger partial charge in [0.1, 0.15) is 0 Å². The number of aromatic nitrogens is 2. The fourth-order valence-electron chi connectivity index (χ4n) is 1.34. The number of nitrogens with one attached hydrogen (secondary N) is 2. The molecule has 1 atom stereocenters. The molecule has 0 aromatic carbocycles. The van der Waals surface area contributed by atoms with Crippen molar-refractivity contribution in [2.24, 2.45) is 12.8 Å². The quantitative estimate of drug-likeness (QED) is 0.459. The van der Waals surface area contributed by atoms with Crippen LogP contribution < -0.4 is 16.4 Å². The number of nitrogens with zero attached hydrogens (tertiary/aromatic N) is 2. The van der Waals surface area contributed by atoms with E-state index in [-0.39, 0.29) is 13.1 Å². The molecule has 0 spiro atoms. The van der Waals surface area contributed by atoms with E-state index >= 15 is 0 Å². The molecule has 0 saturated carbocycles. The van der Waals surface area contributed by atoms with Crippen LogP contribution in [0.3, 0.4) is 0 Å². The van der Waals surface area contributed by atoms with Gasteiger partial charge in [0, 0.05) is 18.8 Å². The number of hydrogen-bond donors (Lipinski definition) is 4. The zero-order valence-electron chi connectivity index (χ0n) is 10.3. The van der Waals surface area contributed by atoms with Crippen molar-refractivity contribution in [3.63, 3.8) is 0 Å². The Kier molecular flexibility index (Phi) is 5.01. The largest absolute Gasteiger partial charge is 0.479 e. The first kappa shape index (κ1) is 14.6. The summed E-state index contributed by atoms with van der Waals surface area (Å²) in [6.07, 6.45) is 2.83. The number of hydrogen-bond acceptors (Lipinski definition) is 5. The van der Waals surface area contributed by atoms with Crippen LogP contribution >= 0.6 is 0 Å². The number of aryl methyl sites for hydroxylation is 1. The molecule has 0 fully saturated rings. The first-order valence-electron chi connectivity index (χ1n) is 5.41. The van der Waals surface area contributed by atoms with E-state index < -0.39 is 23.8 Å². The van der Waals surface area contributed by atoms with Crippen LogP contribution in [-0.4, -0.2) is 45.8 Å². The molecule has 0 saturated heterocycles. The van der Waals surface area contributed by atoms with Crippen molar-refractivity contribution in [3.8, 4) is 0 Å². The summed E-state index contributed by atoms with van der Waals surface area (Å²) in [6.45, 7) is -0.571. The molecule has 19 heavy (non-hydrogen) atoms. The molecular weight excluding hydrogens is 254 g/mol. The van der Waals surface area contributed by atoms with Gasteiger partial charge in [0.2, 0.25) is 11.8 Å². The van der Waals surface area contributed by atoms with E-state index in [0.717, 1.165) is 0 Å². The molecule has 5 N–H and O–H groups in total. The molecule has 0 bridgehead atoms. The summed E-state index contributed by atoms with van der Waals surface area (Å²) in [7, 11) is 1.63. The molecule has 1 unspecified atom stereocenters. The van der Waals surface area contributed by atoms with E-state index in [0.29, 0.717) is 5.56 Å². The van der Waals surface area contributed by atoms with Crippen molar-refractivity contribution >= 4 is 17.8 Å². The molecule has 9 heteroatoms. The predicted molar refractivity (Wildman–Crippen MR) is 63.8 cm³/mol. The van der Waals surface area contributed by atoms with E-state index in [9.17, 15) is 14.4 Å². The Hall–Kier alpha value is -2.42. The summed E-state index contributed by atoms with van der Waals surface area (Å²) in [5, 5.41) is 17.4. The van der Waals surface area contributed by atoms with Gasteiger partial charge in [-0.1, -0.05) is 0 Å². The molecule has 2 amide bonds. The molecular formula is C10H15N5O4. The number of carbonyl (C=O) groups excluding carboxylic acids is 2. The van der Waals surface area contributed by atoms with Gasteiger partial charge >= 0.3 is 5.97 Å². The summed E-state index contributed by atoms with van der Waals surface area (Å²) >= 11 is 0. The third-order valence-electron chi connectivity index (χ3n) is 2.24. The van der Waals surface area contributed by atoms with Crippen LogP contribution in [0.15, 0.2) is 12.4 Å². The number of nitrogens with two attached hydrogens (primary N) is 1. The minimum Gasteiger partial charge on any atom is -0.479 e. The van der Waals surface area contributed by atoms with Crippen molar-refractivity contribution < 1.29 is 19.5 Å². The van der Waals surface area contributed by atoms with Crippen molar-refractivity contribution in [2.75, 3.05) is 13.1 Å². The first-order chi connectivity index (χ1) is 8.93. The zero-order valence-corrected chi connectivity index (χ0v) is 10.3. The van der Waals surface area contributed by atoms with E-state index in [1.54, 1.807) is 7.05 Å². The van der Waals surface area contributed by atoms with Crippen LogP contribution in [-0.2, 0) is 21.4 Å². The van der Waals surface area contributed by atoms with Crippen LogP contribution in [0.4, 0.5) is 0 Å². The second kappa shape index (κ2) is 6.50. The molecule has 0 aliphatic rings. The fourth-order valence-corrected chi connectivity index (χ4v) is 1.34. The number of amides is 2. The minimum atomic E-state index is -1.22. The van der Waals surface area contributed by atoms with Gasteiger partial charge in [-0.15, -0.1) is 0 Å². The van der Waals surface area contributed by atoms with Crippen LogP contribution in [0.25, 0.3) is 0 Å². The Balaban J connectivity index is 2.62. The highest BCUT2D eigenvalue weighted by atomic mass is 16.4. The maximum atomic E-state index is 11.5. The average molecular weight is 269 g/mol. The van der Waals surface area contributed by atoms with E-state index in [1.807, 2.05) is 0 Å². The second-order valence-corrected chi connectivity index (χ2v) is 3.77. The van der Waals surface area contributed by atoms with Gasteiger partial charge in [0.15, 0.2) is 6.04 Å². The van der Waals surface area contributed by atoms with Crippen molar-refractivity contribution in [2.45, 2.75) is 6.04 Å². The van der Waals surface area contributed by atoms with Crippen LogP contribution in [0.5, 0.6) is 0 Å². The highest BCUT2D eigenvalue weighted by Gasteiger charge is 2.23. The van der Waals surface area contributed by atoms with Crippen LogP contribution in [0.2, 0.25) is 0 Å². The number of carboxylic acids is 1. The van der Waals surface area contributed by atoms with E-state index in [1.165, 1.54) is 17.1 Å². The highest BCUT2D eigenvalue weighted by molar-refractivity contribution is 5.88. The van der Waals surface area contributed by atoms with Gasteiger partial charge in [-0.3, -0.25) is 14.3 Å². The Morgan fingerprint density at radius 2 is 2.16 bits per heavy atom. The van der Waals surface area contributed by atoms with Crippen molar-refractivity contribution in [3.05, 3.63) is 18.0 Å². The summed E-state index contributed by atoms with van der Waals surface area (Å²) in [5.41, 5.74) is 5.39.